The van der Waals surface area contributed by atoms with Crippen molar-refractivity contribution in [2.45, 2.75) is 13.3 Å². The van der Waals surface area contributed by atoms with Crippen LogP contribution in [0.15, 0.2) is 72.4 Å². The summed E-state index contributed by atoms with van der Waals surface area (Å²) < 4.78 is 46.4. The van der Waals surface area contributed by atoms with Gasteiger partial charge in [0.1, 0.15) is 17.3 Å². The largest absolute Gasteiger partial charge is 0.494 e. The molecule has 1 aliphatic rings. The van der Waals surface area contributed by atoms with E-state index in [9.17, 15) is 22.8 Å². The zero-order valence-corrected chi connectivity index (χ0v) is 17.6. The van der Waals surface area contributed by atoms with Crippen molar-refractivity contribution in [1.82, 2.24) is 0 Å². The zero-order chi connectivity index (χ0) is 23.5. The lowest BCUT2D eigenvalue weighted by Crippen LogP contribution is -2.32. The second kappa shape index (κ2) is 9.20. The molecular weight excluding hydrogens is 433 g/mol. The third-order valence-electron chi connectivity index (χ3n) is 4.96. The van der Waals surface area contributed by atoms with Crippen molar-refractivity contribution < 1.29 is 27.5 Å². The fraction of sp³-hybridized carbons (Fsp3) is 0.120. The van der Waals surface area contributed by atoms with Crippen molar-refractivity contribution >= 4 is 28.8 Å². The molecular formula is C25H19F3N2O3. The number of halogens is 3. The minimum atomic E-state index is -1.11. The lowest BCUT2D eigenvalue weighted by molar-refractivity contribution is -0.120. The number of rotatable bonds is 7. The van der Waals surface area contributed by atoms with Gasteiger partial charge in [0.05, 0.1) is 17.9 Å². The zero-order valence-electron chi connectivity index (χ0n) is 17.6. The van der Waals surface area contributed by atoms with Crippen LogP contribution in [0.2, 0.25) is 0 Å². The maximum Gasteiger partial charge on any atom is 0.282 e. The highest BCUT2D eigenvalue weighted by atomic mass is 19.2. The minimum Gasteiger partial charge on any atom is -0.494 e. The van der Waals surface area contributed by atoms with E-state index in [2.05, 4.69) is 5.32 Å². The summed E-state index contributed by atoms with van der Waals surface area (Å²) >= 11 is 0. The maximum absolute atomic E-state index is 13.8. The normalized spacial score (nSPS) is 13.6. The second-order valence-corrected chi connectivity index (χ2v) is 7.30. The molecule has 0 unspecified atom stereocenters. The predicted molar refractivity (Wildman–Crippen MR) is 118 cm³/mol. The van der Waals surface area contributed by atoms with Gasteiger partial charge in [0.25, 0.3) is 11.8 Å². The molecule has 3 aromatic carbocycles. The fourth-order valence-electron chi connectivity index (χ4n) is 3.42. The summed E-state index contributed by atoms with van der Waals surface area (Å²) in [5, 5.41) is 2.74. The molecule has 1 N–H and O–H groups in total. The third-order valence-corrected chi connectivity index (χ3v) is 4.96. The molecule has 4 rings (SSSR count). The van der Waals surface area contributed by atoms with Crippen LogP contribution in [0.3, 0.4) is 0 Å². The molecule has 0 saturated heterocycles. The number of amides is 2. The van der Waals surface area contributed by atoms with Gasteiger partial charge in [-0.25, -0.2) is 18.1 Å². The first-order valence-electron chi connectivity index (χ1n) is 10.2. The summed E-state index contributed by atoms with van der Waals surface area (Å²) in [4.78, 5) is 27.4. The van der Waals surface area contributed by atoms with Gasteiger partial charge in [-0.05, 0) is 54.4 Å². The highest BCUT2D eigenvalue weighted by Crippen LogP contribution is 2.34. The number of benzene rings is 3. The molecule has 0 aliphatic carbocycles. The number of nitrogens with one attached hydrogen (secondary N) is 1. The number of hydrogen-bond acceptors (Lipinski definition) is 4. The molecule has 8 heteroatoms. The number of nitrogens with zero attached hydrogens (tertiary/aromatic N) is 1. The van der Waals surface area contributed by atoms with E-state index in [1.54, 1.807) is 24.3 Å². The molecule has 3 aromatic rings. The van der Waals surface area contributed by atoms with Crippen LogP contribution < -0.4 is 15.0 Å². The Bertz CT molecular complexity index is 1260. The van der Waals surface area contributed by atoms with E-state index in [0.29, 0.717) is 17.9 Å². The number of hydrogen-bond donors (Lipinski definition) is 1. The van der Waals surface area contributed by atoms with Gasteiger partial charge in [-0.2, -0.15) is 0 Å². The van der Waals surface area contributed by atoms with Crippen LogP contribution in [-0.2, 0) is 9.59 Å². The molecule has 0 fully saturated rings. The Morgan fingerprint density at radius 3 is 2.30 bits per heavy atom. The SMILES string of the molecule is CCCOc1ccc(C2=C(Nc3ccc(F)c(F)c3)C(=O)N(c3cccc(F)c3)C2=O)cc1. The molecule has 1 aliphatic heterocycles. The third kappa shape index (κ3) is 4.45. The Morgan fingerprint density at radius 1 is 0.879 bits per heavy atom. The first-order valence-corrected chi connectivity index (χ1v) is 10.2. The summed E-state index contributed by atoms with van der Waals surface area (Å²) in [5.74, 6) is -3.62. The molecule has 2 amide bonds. The first-order chi connectivity index (χ1) is 15.9. The number of imide groups is 1. The lowest BCUT2D eigenvalue weighted by Gasteiger charge is -2.15. The topological polar surface area (TPSA) is 58.6 Å². The monoisotopic (exact) mass is 452 g/mol. The summed E-state index contributed by atoms with van der Waals surface area (Å²) in [6.07, 6.45) is 0.824. The van der Waals surface area contributed by atoms with Crippen molar-refractivity contribution in [3.8, 4) is 5.75 Å². The van der Waals surface area contributed by atoms with Crippen LogP contribution in [0.1, 0.15) is 18.9 Å². The van der Waals surface area contributed by atoms with Crippen LogP contribution in [0, 0.1) is 17.5 Å². The molecule has 5 nitrogen and oxygen atoms in total. The van der Waals surface area contributed by atoms with Crippen molar-refractivity contribution in [2.75, 3.05) is 16.8 Å². The van der Waals surface area contributed by atoms with E-state index >= 15 is 0 Å². The van der Waals surface area contributed by atoms with Crippen LogP contribution in [0.25, 0.3) is 5.57 Å². The number of anilines is 2. The van der Waals surface area contributed by atoms with E-state index in [4.69, 9.17) is 4.74 Å². The summed E-state index contributed by atoms with van der Waals surface area (Å²) in [5.41, 5.74) is 0.397. The Labute approximate surface area is 188 Å². The average molecular weight is 452 g/mol. The highest BCUT2D eigenvalue weighted by Gasteiger charge is 2.40. The van der Waals surface area contributed by atoms with E-state index in [-0.39, 0.29) is 22.6 Å². The maximum atomic E-state index is 13.8. The molecule has 0 radical (unpaired) electrons. The van der Waals surface area contributed by atoms with Crippen molar-refractivity contribution in [3.05, 3.63) is 95.4 Å². The average Bonchev–Trinajstić information content (AvgIpc) is 3.04. The standard InChI is InChI=1S/C25H19F3N2O3/c1-2-12-33-19-9-6-15(7-10-19)22-23(29-17-8-11-20(27)21(28)14-17)25(32)30(24(22)31)18-5-3-4-16(26)13-18/h3-11,13-14,29H,2,12H2,1H3. The predicted octanol–water partition coefficient (Wildman–Crippen LogP) is 5.29. The van der Waals surface area contributed by atoms with Gasteiger partial charge in [0.2, 0.25) is 0 Å². The van der Waals surface area contributed by atoms with Gasteiger partial charge in [-0.3, -0.25) is 9.59 Å². The molecule has 0 saturated carbocycles. The molecule has 0 bridgehead atoms. The number of carbonyl (C=O) groups excluding carboxylic acids is 2. The summed E-state index contributed by atoms with van der Waals surface area (Å²) in [7, 11) is 0. The Hall–Kier alpha value is -4.07. The molecule has 0 aromatic heterocycles. The van der Waals surface area contributed by atoms with Crippen LogP contribution in [-0.4, -0.2) is 18.4 Å². The highest BCUT2D eigenvalue weighted by molar-refractivity contribution is 6.46. The molecule has 0 spiro atoms. The van der Waals surface area contributed by atoms with Gasteiger partial charge in [-0.15, -0.1) is 0 Å². The van der Waals surface area contributed by atoms with E-state index in [1.807, 2.05) is 6.92 Å². The van der Waals surface area contributed by atoms with Crippen molar-refractivity contribution in [1.29, 1.82) is 0 Å². The number of ether oxygens (including phenoxy) is 1. The summed E-state index contributed by atoms with van der Waals surface area (Å²) in [6.45, 7) is 2.50. The van der Waals surface area contributed by atoms with Crippen LogP contribution in [0.5, 0.6) is 5.75 Å². The van der Waals surface area contributed by atoms with Crippen LogP contribution in [0.4, 0.5) is 24.5 Å². The second-order valence-electron chi connectivity index (χ2n) is 7.30. The Kier molecular flexibility index (Phi) is 6.17. The van der Waals surface area contributed by atoms with Gasteiger partial charge < -0.3 is 10.1 Å². The molecule has 1 heterocycles. The quantitative estimate of drug-likeness (QED) is 0.495. The van der Waals surface area contributed by atoms with Gasteiger partial charge in [0.15, 0.2) is 11.6 Å². The lowest BCUT2D eigenvalue weighted by atomic mass is 10.0. The Balaban J connectivity index is 1.77. The Morgan fingerprint density at radius 2 is 1.64 bits per heavy atom. The van der Waals surface area contributed by atoms with Gasteiger partial charge >= 0.3 is 0 Å². The first kappa shape index (κ1) is 22.1. The van der Waals surface area contributed by atoms with E-state index in [1.165, 1.54) is 24.3 Å². The molecule has 0 atom stereocenters. The van der Waals surface area contributed by atoms with Gasteiger partial charge in [0, 0.05) is 11.8 Å². The smallest absolute Gasteiger partial charge is 0.282 e. The number of carbonyl (C=O) groups is 2. The van der Waals surface area contributed by atoms with Gasteiger partial charge in [-0.1, -0.05) is 25.1 Å². The van der Waals surface area contributed by atoms with Crippen LogP contribution >= 0.6 is 0 Å². The molecule has 168 valence electrons. The van der Waals surface area contributed by atoms with Crippen molar-refractivity contribution in [3.63, 3.8) is 0 Å². The van der Waals surface area contributed by atoms with E-state index < -0.39 is 29.3 Å². The fourth-order valence-corrected chi connectivity index (χ4v) is 3.42. The molecule has 33 heavy (non-hydrogen) atoms. The minimum absolute atomic E-state index is 0.0102. The van der Waals surface area contributed by atoms with Crippen molar-refractivity contribution in [2.24, 2.45) is 0 Å². The summed E-state index contributed by atoms with van der Waals surface area (Å²) in [6, 6.07) is 14.7. The van der Waals surface area contributed by atoms with E-state index in [0.717, 1.165) is 29.5 Å².